The molecule has 4 aliphatic heterocycles. The molecule has 2 fully saturated rings. The Morgan fingerprint density at radius 2 is 1.58 bits per heavy atom. The summed E-state index contributed by atoms with van der Waals surface area (Å²) in [6.45, 7) is 9.82. The fourth-order valence-corrected chi connectivity index (χ4v) is 8.13. The molecule has 4 aliphatic rings. The number of hydrogen-bond donors (Lipinski definition) is 0. The Labute approximate surface area is 318 Å². The Kier molecular flexibility index (Phi) is 16.1. The number of rotatable bonds is 14. The minimum Gasteiger partial charge on any atom is -0.776 e. The fraction of sp³-hybridized carbons (Fsp3) is 0.686. The zero-order valence-corrected chi connectivity index (χ0v) is 33.0. The quantitative estimate of drug-likeness (QED) is 0.125. The first-order valence-corrected chi connectivity index (χ1v) is 18.5. The zero-order valence-electron chi connectivity index (χ0n) is 29.4. The van der Waals surface area contributed by atoms with Crippen molar-refractivity contribution in [1.29, 1.82) is 0 Å². The van der Waals surface area contributed by atoms with E-state index >= 15 is 0 Å². The third kappa shape index (κ3) is 10.0. The summed E-state index contributed by atoms with van der Waals surface area (Å²) in [7, 11) is 3.51. The summed E-state index contributed by atoms with van der Waals surface area (Å²) in [5, 5.41) is 0. The summed E-state index contributed by atoms with van der Waals surface area (Å²) < 4.78 is 27.9. The van der Waals surface area contributed by atoms with E-state index in [0.717, 1.165) is 84.9 Å². The number of fused-ring (bicyclic) bond motifs is 6. The molecule has 0 bridgehead atoms. The minimum atomic E-state index is -0.108. The van der Waals surface area contributed by atoms with E-state index in [-0.39, 0.29) is 35.5 Å². The van der Waals surface area contributed by atoms with Gasteiger partial charge in [-0.25, -0.2) is 9.97 Å². The molecule has 260 valence electrons. The van der Waals surface area contributed by atoms with Crippen LogP contribution in [0, 0.1) is 17.8 Å². The Hall–Kier alpha value is -1.54. The van der Waals surface area contributed by atoms with Crippen LogP contribution in [-0.2, 0) is 31.6 Å². The Bertz CT molecular complexity index is 1310. The second kappa shape index (κ2) is 19.7. The van der Waals surface area contributed by atoms with Gasteiger partial charge in [0.1, 0.15) is 19.0 Å². The van der Waals surface area contributed by atoms with Gasteiger partial charge in [-0.1, -0.05) is 39.2 Å². The van der Waals surface area contributed by atoms with Crippen LogP contribution in [0.4, 0.5) is 11.6 Å². The number of thioether (sulfide) groups is 1. The zero-order chi connectivity index (χ0) is 33.2. The number of anilines is 2. The van der Waals surface area contributed by atoms with Crippen molar-refractivity contribution in [2.45, 2.75) is 80.7 Å². The molecule has 0 spiro atoms. The molecule has 2 aromatic heterocycles. The molecule has 0 radical (unpaired) electrons. The van der Waals surface area contributed by atoms with Crippen molar-refractivity contribution in [1.82, 2.24) is 9.97 Å². The molecule has 0 amide bonds. The predicted octanol–water partition coefficient (Wildman–Crippen LogP) is 2.78. The second-order valence-electron chi connectivity index (χ2n) is 13.0. The number of hydrogen-bond acceptors (Lipinski definition) is 12. The average Bonchev–Trinajstić information content (AvgIpc) is 3.70. The van der Waals surface area contributed by atoms with Gasteiger partial charge in [0.15, 0.2) is 17.4 Å². The van der Waals surface area contributed by atoms with E-state index in [9.17, 15) is 4.79 Å². The van der Waals surface area contributed by atoms with Gasteiger partial charge >= 0.3 is 35.5 Å². The molecule has 0 aromatic carbocycles. The molecule has 5 atom stereocenters. The van der Waals surface area contributed by atoms with E-state index in [2.05, 4.69) is 33.6 Å². The topological polar surface area (TPSA) is 95.5 Å². The summed E-state index contributed by atoms with van der Waals surface area (Å²) in [6.07, 6.45) is 10.8. The fourth-order valence-electron chi connectivity index (χ4n) is 6.99. The van der Waals surface area contributed by atoms with E-state index in [1.165, 1.54) is 12.8 Å². The van der Waals surface area contributed by atoms with Crippen molar-refractivity contribution >= 4 is 42.0 Å². The number of nitrogens with zero attached hydrogens (tertiary/aromatic N) is 4. The normalized spacial score (nSPS) is 22.4. The van der Waals surface area contributed by atoms with Gasteiger partial charge in [-0.2, -0.15) is 0 Å². The van der Waals surface area contributed by atoms with Gasteiger partial charge < -0.3 is 46.1 Å². The molecule has 0 saturated carbocycles. The van der Waals surface area contributed by atoms with Crippen LogP contribution in [0.1, 0.15) is 58.8 Å². The van der Waals surface area contributed by atoms with Crippen molar-refractivity contribution in [3.8, 4) is 11.5 Å². The molecule has 6 heterocycles. The van der Waals surface area contributed by atoms with E-state index in [1.807, 2.05) is 18.3 Å². The van der Waals surface area contributed by atoms with Gasteiger partial charge in [-0.3, -0.25) is 4.79 Å². The van der Waals surface area contributed by atoms with Crippen molar-refractivity contribution < 1.29 is 58.0 Å². The summed E-state index contributed by atoms with van der Waals surface area (Å²) >= 11 is 6.91. The number of ether oxygens (including phenoxy) is 5. The maximum Gasteiger partial charge on any atom is 1.00 e. The standard InChI is InChI=1S/C23H36N2O4S.C12H16N2O2S.Na/c1-4-6-7-17(5-2)15-28-21(26)9-11-30-20-8-10-24-23-22(20)29-16-19-12-18(14-27-3)13-25(19)23;1-15-6-8-4-9-7-16-11-10(17)2-3-13-12(11)14(9)5-8;/h8,10,17-19H,4-7,9,11-16H2,1-3H3;2-3,8-9H,4-7H2,1H3,(H,13,17);/q;;+1/p-1/t17?,18?,19-;8?,9-;/m00./s1. The van der Waals surface area contributed by atoms with Crippen LogP contribution in [0.15, 0.2) is 34.3 Å². The molecule has 3 unspecified atom stereocenters. The van der Waals surface area contributed by atoms with Crippen molar-refractivity contribution in [2.24, 2.45) is 17.8 Å². The maximum absolute atomic E-state index is 12.2. The Balaban J connectivity index is 0.000000244. The summed E-state index contributed by atoms with van der Waals surface area (Å²) in [5.74, 6) is 5.61. The second-order valence-corrected chi connectivity index (χ2v) is 14.5. The molecule has 13 heteroatoms. The molecule has 2 aromatic rings. The molecule has 0 N–H and O–H groups in total. The van der Waals surface area contributed by atoms with Gasteiger partial charge in [0.05, 0.1) is 43.2 Å². The molecule has 48 heavy (non-hydrogen) atoms. The van der Waals surface area contributed by atoms with E-state index in [4.69, 9.17) is 36.3 Å². The number of carbonyl (C=O) groups excluding carboxylic acids is 1. The SMILES string of the molecule is CCCCC(CC)COC(=O)CCSc1ccnc2c1OC[C@@H]1CC(COC)CN21.COCC1C[C@H]2COc3c([S-])ccnc3N2C1.[Na+]. The first-order chi connectivity index (χ1) is 22.9. The average molecular weight is 711 g/mol. The number of pyridine rings is 2. The van der Waals surface area contributed by atoms with Crippen LogP contribution in [0.5, 0.6) is 11.5 Å². The Morgan fingerprint density at radius 1 is 0.979 bits per heavy atom. The van der Waals surface area contributed by atoms with Gasteiger partial charge in [0, 0.05) is 57.3 Å². The van der Waals surface area contributed by atoms with Crippen molar-refractivity contribution in [3.63, 3.8) is 0 Å². The van der Waals surface area contributed by atoms with Gasteiger partial charge in [-0.15, -0.1) is 16.7 Å². The number of esters is 1. The van der Waals surface area contributed by atoms with Crippen LogP contribution >= 0.6 is 11.8 Å². The maximum atomic E-state index is 12.2. The van der Waals surface area contributed by atoms with Crippen LogP contribution in [0.25, 0.3) is 0 Å². The van der Waals surface area contributed by atoms with E-state index in [1.54, 1.807) is 32.2 Å². The van der Waals surface area contributed by atoms with Crippen LogP contribution in [-0.4, -0.2) is 94.1 Å². The number of unbranched alkanes of at least 4 members (excludes halogenated alkanes) is 1. The van der Waals surface area contributed by atoms with Crippen LogP contribution in [0.2, 0.25) is 0 Å². The first kappa shape index (κ1) is 39.2. The predicted molar refractivity (Wildman–Crippen MR) is 187 cm³/mol. The first-order valence-electron chi connectivity index (χ1n) is 17.2. The Morgan fingerprint density at radius 3 is 2.19 bits per heavy atom. The molecule has 6 rings (SSSR count). The largest absolute Gasteiger partial charge is 1.00 e. The number of aromatic nitrogens is 2. The number of methoxy groups -OCH3 is 2. The number of carbonyl (C=O) groups is 1. The molecule has 2 saturated heterocycles. The minimum absolute atomic E-state index is 0. The van der Waals surface area contributed by atoms with Gasteiger partial charge in [0.25, 0.3) is 0 Å². The molecular formula is C35H51N4NaO6S2. The van der Waals surface area contributed by atoms with Crippen molar-refractivity contribution in [2.75, 3.05) is 75.9 Å². The van der Waals surface area contributed by atoms with Crippen molar-refractivity contribution in [3.05, 3.63) is 24.5 Å². The third-order valence-electron chi connectivity index (χ3n) is 9.48. The molecule has 10 nitrogen and oxygen atoms in total. The van der Waals surface area contributed by atoms with Crippen LogP contribution < -0.4 is 48.8 Å². The van der Waals surface area contributed by atoms with E-state index in [0.29, 0.717) is 61.8 Å². The van der Waals surface area contributed by atoms with Gasteiger partial charge in [0.2, 0.25) is 0 Å². The summed E-state index contributed by atoms with van der Waals surface area (Å²) in [6, 6.07) is 4.60. The molecule has 0 aliphatic carbocycles. The monoisotopic (exact) mass is 710 g/mol. The van der Waals surface area contributed by atoms with Gasteiger partial charge in [-0.05, 0) is 31.2 Å². The smallest absolute Gasteiger partial charge is 0.776 e. The van der Waals surface area contributed by atoms with Crippen LogP contribution in [0.3, 0.4) is 0 Å². The van der Waals surface area contributed by atoms with E-state index < -0.39 is 0 Å². The summed E-state index contributed by atoms with van der Waals surface area (Å²) in [4.78, 5) is 27.7. The molecular weight excluding hydrogens is 660 g/mol. The third-order valence-corrected chi connectivity index (χ3v) is 10.8. The summed E-state index contributed by atoms with van der Waals surface area (Å²) in [5.41, 5.74) is 0.